The summed E-state index contributed by atoms with van der Waals surface area (Å²) in [5.41, 5.74) is 1.19. The zero-order valence-corrected chi connectivity index (χ0v) is 12.2. The highest BCUT2D eigenvalue weighted by Crippen LogP contribution is 2.27. The number of hydrogen-bond acceptors (Lipinski definition) is 4. The molecule has 5 heteroatoms. The Labute approximate surface area is 112 Å². The molecule has 0 atom stereocenters. The number of aryl methyl sites for hydroxylation is 1. The van der Waals surface area contributed by atoms with E-state index in [-0.39, 0.29) is 5.41 Å². The summed E-state index contributed by atoms with van der Waals surface area (Å²) in [6.45, 7) is 10.4. The van der Waals surface area contributed by atoms with Gasteiger partial charge in [0, 0.05) is 29.2 Å². The van der Waals surface area contributed by atoms with Gasteiger partial charge in [0.05, 0.1) is 23.4 Å². The van der Waals surface area contributed by atoms with Crippen LogP contribution in [0.1, 0.15) is 37.6 Å². The Morgan fingerprint density at radius 3 is 2.67 bits per heavy atom. The van der Waals surface area contributed by atoms with E-state index in [1.165, 1.54) is 9.88 Å². The molecule has 1 N–H and O–H groups in total. The van der Waals surface area contributed by atoms with Gasteiger partial charge in [0.25, 0.3) is 0 Å². The summed E-state index contributed by atoms with van der Waals surface area (Å²) in [6.07, 6.45) is 5.84. The molecule has 2 aromatic rings. The molecule has 0 bridgehead atoms. The van der Waals surface area contributed by atoms with Crippen molar-refractivity contribution in [1.29, 1.82) is 0 Å². The molecule has 4 nitrogen and oxygen atoms in total. The predicted octanol–water partition coefficient (Wildman–Crippen LogP) is 3.27. The van der Waals surface area contributed by atoms with Gasteiger partial charge in [0.15, 0.2) is 0 Å². The van der Waals surface area contributed by atoms with E-state index in [4.69, 9.17) is 0 Å². The maximum absolute atomic E-state index is 4.48. The first-order valence-corrected chi connectivity index (χ1v) is 7.02. The van der Waals surface area contributed by atoms with Crippen LogP contribution in [0.4, 0.5) is 5.69 Å². The summed E-state index contributed by atoms with van der Waals surface area (Å²) in [5.74, 6) is 0. The lowest BCUT2D eigenvalue weighted by Gasteiger charge is -2.13. The Bertz CT molecular complexity index is 507. The van der Waals surface area contributed by atoms with Gasteiger partial charge >= 0.3 is 0 Å². The molecule has 2 aromatic heterocycles. The fraction of sp³-hybridized carbons (Fsp3) is 0.538. The topological polar surface area (TPSA) is 42.7 Å². The van der Waals surface area contributed by atoms with Crippen molar-refractivity contribution < 1.29 is 0 Å². The Hall–Kier alpha value is -1.36. The van der Waals surface area contributed by atoms with Crippen LogP contribution in [-0.4, -0.2) is 14.8 Å². The van der Waals surface area contributed by atoms with Crippen molar-refractivity contribution in [3.05, 3.63) is 28.5 Å². The first kappa shape index (κ1) is 13.1. The Kier molecular flexibility index (Phi) is 3.71. The monoisotopic (exact) mass is 264 g/mol. The molecule has 0 aliphatic heterocycles. The Morgan fingerprint density at radius 2 is 2.11 bits per heavy atom. The summed E-state index contributed by atoms with van der Waals surface area (Å²) in [4.78, 5) is 5.73. The molecule has 2 rings (SSSR count). The number of nitrogens with one attached hydrogen (secondary N) is 1. The molecule has 0 aliphatic rings. The molecule has 98 valence electrons. The van der Waals surface area contributed by atoms with Crippen LogP contribution in [0.15, 0.2) is 18.6 Å². The molecule has 18 heavy (non-hydrogen) atoms. The van der Waals surface area contributed by atoms with Crippen molar-refractivity contribution in [2.75, 3.05) is 5.32 Å². The molecule has 0 aliphatic carbocycles. The molecule has 0 saturated carbocycles. The van der Waals surface area contributed by atoms with Crippen LogP contribution in [0.25, 0.3) is 0 Å². The van der Waals surface area contributed by atoms with Crippen molar-refractivity contribution in [1.82, 2.24) is 14.8 Å². The van der Waals surface area contributed by atoms with Gasteiger partial charge in [-0.05, 0) is 6.92 Å². The van der Waals surface area contributed by atoms with E-state index in [1.54, 1.807) is 11.3 Å². The average molecular weight is 264 g/mol. The average Bonchev–Trinajstić information content (AvgIpc) is 2.94. The normalized spacial score (nSPS) is 11.8. The summed E-state index contributed by atoms with van der Waals surface area (Å²) >= 11 is 1.77. The van der Waals surface area contributed by atoms with Gasteiger partial charge in [-0.1, -0.05) is 20.8 Å². The minimum absolute atomic E-state index is 0.135. The van der Waals surface area contributed by atoms with Gasteiger partial charge in [-0.3, -0.25) is 4.68 Å². The van der Waals surface area contributed by atoms with E-state index in [9.17, 15) is 0 Å². The van der Waals surface area contributed by atoms with E-state index in [0.29, 0.717) is 0 Å². The van der Waals surface area contributed by atoms with Crippen LogP contribution in [0.3, 0.4) is 0 Å². The maximum Gasteiger partial charge on any atom is 0.0981 e. The van der Waals surface area contributed by atoms with Crippen LogP contribution in [0, 0.1) is 0 Å². The molecule has 2 heterocycles. The quantitative estimate of drug-likeness (QED) is 0.921. The minimum atomic E-state index is 0.135. The first-order chi connectivity index (χ1) is 8.49. The SMILES string of the molecule is CCn1cc(NCc2cnc(C(C)(C)C)s2)cn1. The standard InChI is InChI=1S/C13H20N4S/c1-5-17-9-10(6-16-17)14-7-11-8-15-12(18-11)13(2,3)4/h6,8-9,14H,5,7H2,1-4H3. The van der Waals surface area contributed by atoms with Crippen LogP contribution >= 0.6 is 11.3 Å². The number of thiazole rings is 1. The third kappa shape index (κ3) is 3.10. The largest absolute Gasteiger partial charge is 0.378 e. The van der Waals surface area contributed by atoms with E-state index >= 15 is 0 Å². The zero-order chi connectivity index (χ0) is 13.2. The second-order valence-corrected chi connectivity index (χ2v) is 6.44. The van der Waals surface area contributed by atoms with E-state index < -0.39 is 0 Å². The third-order valence-corrected chi connectivity index (χ3v) is 4.04. The van der Waals surface area contributed by atoms with Gasteiger partial charge in [-0.25, -0.2) is 4.98 Å². The van der Waals surface area contributed by atoms with Crippen LogP contribution in [0.5, 0.6) is 0 Å². The summed E-state index contributed by atoms with van der Waals surface area (Å²) in [6, 6.07) is 0. The van der Waals surface area contributed by atoms with Gasteiger partial charge in [-0.2, -0.15) is 5.10 Å². The van der Waals surface area contributed by atoms with E-state index in [1.807, 2.05) is 23.3 Å². The number of anilines is 1. The number of nitrogens with zero attached hydrogens (tertiary/aromatic N) is 3. The van der Waals surface area contributed by atoms with Gasteiger partial charge in [-0.15, -0.1) is 11.3 Å². The number of aromatic nitrogens is 3. The van der Waals surface area contributed by atoms with Gasteiger partial charge in [0.1, 0.15) is 0 Å². The van der Waals surface area contributed by atoms with E-state index in [0.717, 1.165) is 18.8 Å². The van der Waals surface area contributed by atoms with Crippen molar-refractivity contribution in [2.45, 2.75) is 46.2 Å². The lowest BCUT2D eigenvalue weighted by molar-refractivity contribution is 0.585. The van der Waals surface area contributed by atoms with Crippen molar-refractivity contribution in [2.24, 2.45) is 0 Å². The molecular weight excluding hydrogens is 244 g/mol. The highest BCUT2D eigenvalue weighted by Gasteiger charge is 2.17. The predicted molar refractivity (Wildman–Crippen MR) is 76.0 cm³/mol. The molecule has 0 spiro atoms. The lowest BCUT2D eigenvalue weighted by Crippen LogP contribution is -2.09. The van der Waals surface area contributed by atoms with Crippen molar-refractivity contribution in [3.63, 3.8) is 0 Å². The minimum Gasteiger partial charge on any atom is -0.378 e. The fourth-order valence-electron chi connectivity index (χ4n) is 1.55. The second-order valence-electron chi connectivity index (χ2n) is 5.32. The smallest absolute Gasteiger partial charge is 0.0981 e. The molecule has 0 radical (unpaired) electrons. The number of hydrogen-bond donors (Lipinski definition) is 1. The Balaban J connectivity index is 1.96. The highest BCUT2D eigenvalue weighted by atomic mass is 32.1. The third-order valence-electron chi connectivity index (χ3n) is 2.62. The maximum atomic E-state index is 4.48. The molecule has 0 saturated heterocycles. The van der Waals surface area contributed by atoms with Crippen LogP contribution in [0.2, 0.25) is 0 Å². The zero-order valence-electron chi connectivity index (χ0n) is 11.4. The Morgan fingerprint density at radius 1 is 1.33 bits per heavy atom. The molecule has 0 amide bonds. The lowest BCUT2D eigenvalue weighted by atomic mass is 9.98. The molecule has 0 aromatic carbocycles. The second kappa shape index (κ2) is 5.10. The number of rotatable bonds is 4. The van der Waals surface area contributed by atoms with Crippen molar-refractivity contribution in [3.8, 4) is 0 Å². The first-order valence-electron chi connectivity index (χ1n) is 6.20. The molecular formula is C13H20N4S. The molecule has 0 fully saturated rings. The summed E-state index contributed by atoms with van der Waals surface area (Å²) in [5, 5.41) is 8.78. The summed E-state index contributed by atoms with van der Waals surface area (Å²) in [7, 11) is 0. The van der Waals surface area contributed by atoms with E-state index in [2.05, 4.69) is 43.1 Å². The van der Waals surface area contributed by atoms with Crippen molar-refractivity contribution >= 4 is 17.0 Å². The highest BCUT2D eigenvalue weighted by molar-refractivity contribution is 7.11. The van der Waals surface area contributed by atoms with Crippen LogP contribution in [-0.2, 0) is 18.5 Å². The fourth-order valence-corrected chi connectivity index (χ4v) is 2.46. The van der Waals surface area contributed by atoms with Crippen LogP contribution < -0.4 is 5.32 Å². The summed E-state index contributed by atoms with van der Waals surface area (Å²) < 4.78 is 1.91. The van der Waals surface area contributed by atoms with Gasteiger partial charge < -0.3 is 5.32 Å². The molecule has 0 unspecified atom stereocenters. The van der Waals surface area contributed by atoms with Gasteiger partial charge in [0.2, 0.25) is 0 Å².